The molecule has 4 N–H and O–H groups in total. The van der Waals surface area contributed by atoms with E-state index in [1.807, 2.05) is 18.2 Å². The Hall–Kier alpha value is -1.43. The van der Waals surface area contributed by atoms with E-state index in [1.54, 1.807) is 12.2 Å². The molecule has 0 heterocycles. The lowest BCUT2D eigenvalue weighted by Gasteiger charge is -2.07. The van der Waals surface area contributed by atoms with E-state index in [1.165, 1.54) is 0 Å². The van der Waals surface area contributed by atoms with Gasteiger partial charge in [-0.1, -0.05) is 42.9 Å². The van der Waals surface area contributed by atoms with Gasteiger partial charge in [0.1, 0.15) is 0 Å². The summed E-state index contributed by atoms with van der Waals surface area (Å²) in [6, 6.07) is 0. The number of rotatable bonds is 16. The fourth-order valence-electron chi connectivity index (χ4n) is 2.27. The van der Waals surface area contributed by atoms with Crippen LogP contribution in [0.15, 0.2) is 36.5 Å². The second-order valence-corrected chi connectivity index (χ2v) is 6.18. The van der Waals surface area contributed by atoms with Crippen LogP contribution in [0.25, 0.3) is 0 Å². The van der Waals surface area contributed by atoms with Gasteiger partial charge in [-0.25, -0.2) is 0 Å². The topological polar surface area (TPSA) is 98.0 Å². The number of hydrogen-bond acceptors (Lipinski definition) is 4. The zero-order valence-corrected chi connectivity index (χ0v) is 15.1. The number of carboxylic acid groups (broad SMARTS) is 1. The molecule has 0 fully saturated rings. The Morgan fingerprint density at radius 1 is 0.880 bits per heavy atom. The molecule has 0 saturated heterocycles. The minimum absolute atomic E-state index is 0.102. The van der Waals surface area contributed by atoms with E-state index in [9.17, 15) is 15.0 Å². The molecule has 2 unspecified atom stereocenters. The first-order valence-electron chi connectivity index (χ1n) is 9.23. The van der Waals surface area contributed by atoms with Gasteiger partial charge in [-0.2, -0.15) is 0 Å². The van der Waals surface area contributed by atoms with Gasteiger partial charge >= 0.3 is 5.97 Å². The summed E-state index contributed by atoms with van der Waals surface area (Å²) in [5, 5.41) is 36.7. The molecule has 0 rings (SSSR count). The molecular weight excluding hydrogens is 320 g/mol. The number of hydrogen-bond donors (Lipinski definition) is 4. The van der Waals surface area contributed by atoms with Gasteiger partial charge in [0.25, 0.3) is 0 Å². The van der Waals surface area contributed by atoms with Crippen molar-refractivity contribution < 1.29 is 25.2 Å². The van der Waals surface area contributed by atoms with Crippen LogP contribution >= 0.6 is 0 Å². The van der Waals surface area contributed by atoms with Crippen LogP contribution in [0.2, 0.25) is 0 Å². The van der Waals surface area contributed by atoms with Gasteiger partial charge in [-0.15, -0.1) is 0 Å². The van der Waals surface area contributed by atoms with Crippen molar-refractivity contribution >= 4 is 5.97 Å². The van der Waals surface area contributed by atoms with Crippen molar-refractivity contribution in [3.05, 3.63) is 36.5 Å². The summed E-state index contributed by atoms with van der Waals surface area (Å²) in [4.78, 5) is 10.4. The molecule has 0 aliphatic rings. The van der Waals surface area contributed by atoms with Gasteiger partial charge in [-0.3, -0.25) is 4.79 Å². The number of unbranched alkanes of at least 4 members (excludes halogenated alkanes) is 3. The van der Waals surface area contributed by atoms with E-state index in [-0.39, 0.29) is 13.0 Å². The summed E-state index contributed by atoms with van der Waals surface area (Å²) >= 11 is 0. The third-order valence-corrected chi connectivity index (χ3v) is 3.75. The summed E-state index contributed by atoms with van der Waals surface area (Å²) in [5.41, 5.74) is 0. The molecule has 2 atom stereocenters. The molecule has 0 saturated carbocycles. The maximum Gasteiger partial charge on any atom is 0.303 e. The van der Waals surface area contributed by atoms with Crippen LogP contribution in [0.3, 0.4) is 0 Å². The Morgan fingerprint density at radius 2 is 1.68 bits per heavy atom. The minimum atomic E-state index is -0.827. The van der Waals surface area contributed by atoms with Crippen molar-refractivity contribution in [3.63, 3.8) is 0 Å². The van der Waals surface area contributed by atoms with Crippen molar-refractivity contribution in [1.82, 2.24) is 0 Å². The molecule has 0 aliphatic carbocycles. The van der Waals surface area contributed by atoms with E-state index in [4.69, 9.17) is 10.2 Å². The Labute approximate surface area is 151 Å². The van der Waals surface area contributed by atoms with E-state index in [0.29, 0.717) is 25.7 Å². The molecule has 0 aromatic rings. The van der Waals surface area contributed by atoms with Gasteiger partial charge in [-0.05, 0) is 51.4 Å². The number of aliphatic hydroxyl groups excluding tert-OH is 3. The van der Waals surface area contributed by atoms with Gasteiger partial charge in [0.2, 0.25) is 0 Å². The van der Waals surface area contributed by atoms with Crippen LogP contribution in [0, 0.1) is 0 Å². The van der Waals surface area contributed by atoms with E-state index in [0.717, 1.165) is 32.1 Å². The molecule has 5 nitrogen and oxygen atoms in total. The molecule has 0 aliphatic heterocycles. The third-order valence-electron chi connectivity index (χ3n) is 3.75. The van der Waals surface area contributed by atoms with Crippen molar-refractivity contribution in [2.45, 2.75) is 76.4 Å². The van der Waals surface area contributed by atoms with Crippen LogP contribution in [0.4, 0.5) is 0 Å². The Kier molecular flexibility index (Phi) is 16.4. The maximum atomic E-state index is 10.4. The summed E-state index contributed by atoms with van der Waals surface area (Å²) in [7, 11) is 0. The normalized spacial score (nSPS) is 14.7. The number of carbonyl (C=O) groups is 1. The van der Waals surface area contributed by atoms with Crippen molar-refractivity contribution in [2.24, 2.45) is 0 Å². The average Bonchev–Trinajstić information content (AvgIpc) is 2.56. The number of aliphatic hydroxyl groups is 3. The summed E-state index contributed by atoms with van der Waals surface area (Å²) in [5.74, 6) is -0.827. The second-order valence-electron chi connectivity index (χ2n) is 6.18. The van der Waals surface area contributed by atoms with Crippen LogP contribution in [0.1, 0.15) is 64.2 Å². The highest BCUT2D eigenvalue weighted by Gasteiger charge is 2.04. The van der Waals surface area contributed by atoms with Gasteiger partial charge < -0.3 is 20.4 Å². The SMILES string of the molecule is O=C(O)CCCC(O)CC/C=C/C=C/C(O)C/C=C/CCCCCO. The predicted molar refractivity (Wildman–Crippen MR) is 100 cm³/mol. The highest BCUT2D eigenvalue weighted by molar-refractivity contribution is 5.66. The molecule has 0 bridgehead atoms. The lowest BCUT2D eigenvalue weighted by atomic mass is 10.1. The van der Waals surface area contributed by atoms with Crippen LogP contribution in [-0.4, -0.2) is 45.2 Å². The lowest BCUT2D eigenvalue weighted by Crippen LogP contribution is -2.06. The monoisotopic (exact) mass is 354 g/mol. The molecule has 0 spiro atoms. The molecule has 0 aromatic heterocycles. The first-order chi connectivity index (χ1) is 12.1. The van der Waals surface area contributed by atoms with Gasteiger partial charge in [0.05, 0.1) is 12.2 Å². The quantitative estimate of drug-likeness (QED) is 0.194. The molecular formula is C20H34O5. The van der Waals surface area contributed by atoms with E-state index < -0.39 is 18.2 Å². The Bertz CT molecular complexity index is 401. The summed E-state index contributed by atoms with van der Waals surface area (Å²) in [6.45, 7) is 0.254. The highest BCUT2D eigenvalue weighted by atomic mass is 16.4. The number of carboxylic acids is 1. The zero-order valence-electron chi connectivity index (χ0n) is 15.1. The van der Waals surface area contributed by atoms with Crippen molar-refractivity contribution in [2.75, 3.05) is 6.61 Å². The Balaban J connectivity index is 3.65. The first kappa shape index (κ1) is 23.6. The smallest absolute Gasteiger partial charge is 0.303 e. The van der Waals surface area contributed by atoms with E-state index in [2.05, 4.69) is 6.08 Å². The van der Waals surface area contributed by atoms with Crippen molar-refractivity contribution in [1.29, 1.82) is 0 Å². The maximum absolute atomic E-state index is 10.4. The molecule has 144 valence electrons. The Morgan fingerprint density at radius 3 is 2.40 bits per heavy atom. The van der Waals surface area contributed by atoms with Gasteiger partial charge in [0, 0.05) is 13.0 Å². The van der Waals surface area contributed by atoms with Crippen molar-refractivity contribution in [3.8, 4) is 0 Å². The van der Waals surface area contributed by atoms with Gasteiger partial charge in [0.15, 0.2) is 0 Å². The molecule has 0 amide bonds. The molecule has 0 aromatic carbocycles. The first-order valence-corrected chi connectivity index (χ1v) is 9.23. The average molecular weight is 354 g/mol. The fraction of sp³-hybridized carbons (Fsp3) is 0.650. The zero-order chi connectivity index (χ0) is 18.8. The predicted octanol–water partition coefficient (Wildman–Crippen LogP) is 3.35. The number of allylic oxidation sites excluding steroid dienone is 4. The highest BCUT2D eigenvalue weighted by Crippen LogP contribution is 2.07. The minimum Gasteiger partial charge on any atom is -0.481 e. The largest absolute Gasteiger partial charge is 0.481 e. The summed E-state index contributed by atoms with van der Waals surface area (Å²) < 4.78 is 0. The van der Waals surface area contributed by atoms with Crippen LogP contribution in [0.5, 0.6) is 0 Å². The molecule has 25 heavy (non-hydrogen) atoms. The molecule has 0 radical (unpaired) electrons. The fourth-order valence-corrected chi connectivity index (χ4v) is 2.27. The van der Waals surface area contributed by atoms with Crippen LogP contribution in [-0.2, 0) is 4.79 Å². The third kappa shape index (κ3) is 18.7. The summed E-state index contributed by atoms with van der Waals surface area (Å²) in [6.07, 6.45) is 17.4. The lowest BCUT2D eigenvalue weighted by molar-refractivity contribution is -0.137. The van der Waals surface area contributed by atoms with Crippen LogP contribution < -0.4 is 0 Å². The number of aliphatic carboxylic acids is 1. The second kappa shape index (κ2) is 17.4. The standard InChI is InChI=1S/C20H34O5/c21-17-10-6-2-1-3-7-12-18(22)13-8-4-5-9-14-19(23)15-11-16-20(24)25/h3-5,7-8,13,18-19,21-23H,1-2,6,9-12,14-17H2,(H,24,25)/b5-4+,7-3+,13-8+. The van der Waals surface area contributed by atoms with E-state index >= 15 is 0 Å². The molecule has 5 heteroatoms.